The van der Waals surface area contributed by atoms with Crippen LogP contribution in [0.3, 0.4) is 0 Å². The van der Waals surface area contributed by atoms with Gasteiger partial charge in [-0.3, -0.25) is 9.59 Å². The molecule has 0 saturated heterocycles. The minimum absolute atomic E-state index is 0.0297. The lowest BCUT2D eigenvalue weighted by Gasteiger charge is -2.26. The number of fused-ring (bicyclic) bond motifs is 4. The van der Waals surface area contributed by atoms with E-state index >= 15 is 0 Å². The smallest absolute Gasteiger partial charge is 0.255 e. The van der Waals surface area contributed by atoms with Gasteiger partial charge in [0, 0.05) is 16.0 Å². The van der Waals surface area contributed by atoms with Crippen molar-refractivity contribution in [3.05, 3.63) is 57.3 Å². The van der Waals surface area contributed by atoms with E-state index in [2.05, 4.69) is 0 Å². The molecule has 3 nitrogen and oxygen atoms in total. The Kier molecular flexibility index (Phi) is 2.72. The molecule has 0 radical (unpaired) electrons. The lowest BCUT2D eigenvalue weighted by molar-refractivity contribution is 0.0759. The van der Waals surface area contributed by atoms with Crippen LogP contribution in [-0.4, -0.2) is 22.3 Å². The molecule has 0 N–H and O–H groups in total. The molecule has 1 amide bonds. The Hall–Kier alpha value is -1.59. The Morgan fingerprint density at radius 3 is 2.85 bits per heavy atom. The normalized spacial score (nSPS) is 21.0. The number of amides is 1. The summed E-state index contributed by atoms with van der Waals surface area (Å²) in [6.45, 7) is 0.532. The summed E-state index contributed by atoms with van der Waals surface area (Å²) < 4.78 is 0. The van der Waals surface area contributed by atoms with E-state index in [0.29, 0.717) is 12.3 Å². The van der Waals surface area contributed by atoms with Gasteiger partial charge in [-0.15, -0.1) is 23.1 Å². The predicted octanol–water partition coefficient (Wildman–Crippen LogP) is 3.33. The third-order valence-corrected chi connectivity index (χ3v) is 5.89. The Balaban J connectivity index is 1.82. The lowest BCUT2D eigenvalue weighted by atomic mass is 10.1. The minimum atomic E-state index is -0.0297. The van der Waals surface area contributed by atoms with E-state index in [1.807, 2.05) is 40.6 Å². The summed E-state index contributed by atoms with van der Waals surface area (Å²) in [6.07, 6.45) is 0. The van der Waals surface area contributed by atoms with Crippen LogP contribution in [0.1, 0.15) is 36.5 Å². The van der Waals surface area contributed by atoms with Crippen molar-refractivity contribution in [2.45, 2.75) is 11.9 Å². The van der Waals surface area contributed by atoms with Crippen LogP contribution in [0.2, 0.25) is 0 Å². The number of benzene rings is 1. The zero-order valence-corrected chi connectivity index (χ0v) is 12.2. The molecular formula is C15H11NO2S2. The molecule has 1 aromatic heterocycles. The van der Waals surface area contributed by atoms with Gasteiger partial charge in [-0.05, 0) is 23.1 Å². The van der Waals surface area contributed by atoms with Crippen LogP contribution in [0.4, 0.5) is 0 Å². The van der Waals surface area contributed by atoms with Gasteiger partial charge in [0.25, 0.3) is 5.91 Å². The van der Waals surface area contributed by atoms with Gasteiger partial charge in [0.05, 0.1) is 12.3 Å². The van der Waals surface area contributed by atoms with Gasteiger partial charge in [0.1, 0.15) is 5.37 Å². The number of nitrogens with zero attached hydrogens (tertiary/aromatic N) is 1. The first kappa shape index (κ1) is 12.2. The lowest BCUT2D eigenvalue weighted by Crippen LogP contribution is -2.28. The van der Waals surface area contributed by atoms with Crippen LogP contribution in [0.25, 0.3) is 0 Å². The van der Waals surface area contributed by atoms with Crippen molar-refractivity contribution in [3.8, 4) is 0 Å². The van der Waals surface area contributed by atoms with Crippen molar-refractivity contribution in [3.63, 3.8) is 0 Å². The number of rotatable bonds is 0. The number of hydrogen-bond donors (Lipinski definition) is 0. The fraction of sp³-hybridized carbons (Fsp3) is 0.200. The minimum Gasteiger partial charge on any atom is -0.317 e. The second kappa shape index (κ2) is 4.46. The van der Waals surface area contributed by atoms with Gasteiger partial charge in [-0.2, -0.15) is 0 Å². The van der Waals surface area contributed by atoms with Crippen molar-refractivity contribution >= 4 is 34.8 Å². The third-order valence-electron chi connectivity index (χ3n) is 3.73. The van der Waals surface area contributed by atoms with E-state index in [-0.39, 0.29) is 17.1 Å². The maximum absolute atomic E-state index is 12.5. The Morgan fingerprint density at radius 1 is 1.10 bits per heavy atom. The summed E-state index contributed by atoms with van der Waals surface area (Å²) in [4.78, 5) is 27.6. The summed E-state index contributed by atoms with van der Waals surface area (Å²) in [5.41, 5.74) is 2.59. The van der Waals surface area contributed by atoms with E-state index in [1.54, 1.807) is 23.1 Å². The molecule has 1 aromatic carbocycles. The van der Waals surface area contributed by atoms with E-state index < -0.39 is 0 Å². The van der Waals surface area contributed by atoms with Gasteiger partial charge in [-0.1, -0.05) is 18.2 Å². The van der Waals surface area contributed by atoms with E-state index in [9.17, 15) is 9.59 Å². The number of thiophene rings is 1. The molecule has 0 saturated carbocycles. The molecular weight excluding hydrogens is 290 g/mol. The summed E-state index contributed by atoms with van der Waals surface area (Å²) >= 11 is 3.11. The van der Waals surface area contributed by atoms with Crippen molar-refractivity contribution in [1.82, 2.24) is 4.90 Å². The topological polar surface area (TPSA) is 37.4 Å². The summed E-state index contributed by atoms with van der Waals surface area (Å²) in [7, 11) is 0. The first-order valence-corrected chi connectivity index (χ1v) is 8.29. The molecule has 0 spiro atoms. The second-order valence-corrected chi connectivity index (χ2v) is 6.93. The van der Waals surface area contributed by atoms with Crippen molar-refractivity contribution in [1.29, 1.82) is 0 Å². The molecule has 0 aliphatic carbocycles. The van der Waals surface area contributed by atoms with E-state index in [4.69, 9.17) is 0 Å². The van der Waals surface area contributed by atoms with Crippen molar-refractivity contribution < 1.29 is 9.59 Å². The standard InChI is InChI=1S/C15H11NO2S2/c17-12-8-20-15-10-4-2-1-3-9(10)14(18)16(15)7-13-11(12)5-6-19-13/h1-6,15H,7-8H2/t15-/m0/s1. The summed E-state index contributed by atoms with van der Waals surface area (Å²) in [5.74, 6) is 0.668. The predicted molar refractivity (Wildman–Crippen MR) is 80.2 cm³/mol. The van der Waals surface area contributed by atoms with Gasteiger partial charge in [0.15, 0.2) is 5.78 Å². The molecule has 100 valence electrons. The monoisotopic (exact) mass is 301 g/mol. The fourth-order valence-corrected chi connectivity index (χ4v) is 4.86. The molecule has 2 aliphatic heterocycles. The average Bonchev–Trinajstić information content (AvgIpc) is 3.01. The van der Waals surface area contributed by atoms with Crippen molar-refractivity contribution in [2.75, 3.05) is 5.75 Å². The van der Waals surface area contributed by atoms with Crippen molar-refractivity contribution in [2.24, 2.45) is 0 Å². The Bertz CT molecular complexity index is 722. The number of carbonyl (C=O) groups is 2. The van der Waals surface area contributed by atoms with Gasteiger partial charge in [0.2, 0.25) is 0 Å². The molecule has 4 rings (SSSR count). The van der Waals surface area contributed by atoms with Crippen LogP contribution < -0.4 is 0 Å². The molecule has 1 atom stereocenters. The largest absolute Gasteiger partial charge is 0.317 e. The third kappa shape index (κ3) is 1.66. The zero-order valence-electron chi connectivity index (χ0n) is 10.5. The molecule has 5 heteroatoms. The number of ketones is 1. The molecule has 3 heterocycles. The van der Waals surface area contributed by atoms with Gasteiger partial charge < -0.3 is 4.90 Å². The SMILES string of the molecule is O=C1CS[C@H]2c3ccccc3C(=O)N2Cc2sccc21. The fourth-order valence-electron chi connectivity index (χ4n) is 2.77. The molecule has 0 bridgehead atoms. The van der Waals surface area contributed by atoms with Gasteiger partial charge in [-0.25, -0.2) is 0 Å². The maximum atomic E-state index is 12.5. The number of Topliss-reactive ketones (excluding diaryl/α,β-unsaturated/α-hetero) is 1. The van der Waals surface area contributed by atoms with Crippen LogP contribution in [-0.2, 0) is 6.54 Å². The van der Waals surface area contributed by atoms with Crippen LogP contribution >= 0.6 is 23.1 Å². The van der Waals surface area contributed by atoms with Crippen LogP contribution in [0.15, 0.2) is 35.7 Å². The van der Waals surface area contributed by atoms with Gasteiger partial charge >= 0.3 is 0 Å². The number of carbonyl (C=O) groups excluding carboxylic acids is 2. The molecule has 2 aromatic rings. The quantitative estimate of drug-likeness (QED) is 0.749. The highest BCUT2D eigenvalue weighted by atomic mass is 32.2. The average molecular weight is 301 g/mol. The molecule has 0 fully saturated rings. The van der Waals surface area contributed by atoms with E-state index in [1.165, 1.54) is 0 Å². The second-order valence-electron chi connectivity index (χ2n) is 4.86. The molecule has 0 unspecified atom stereocenters. The number of hydrogen-bond acceptors (Lipinski definition) is 4. The summed E-state index contributed by atoms with van der Waals surface area (Å²) in [5, 5.41) is 1.90. The Morgan fingerprint density at radius 2 is 1.95 bits per heavy atom. The van der Waals surface area contributed by atoms with E-state index in [0.717, 1.165) is 21.6 Å². The molecule has 2 aliphatic rings. The highest BCUT2D eigenvalue weighted by molar-refractivity contribution is 8.00. The zero-order chi connectivity index (χ0) is 13.7. The highest BCUT2D eigenvalue weighted by Gasteiger charge is 2.39. The van der Waals surface area contributed by atoms with Crippen LogP contribution in [0, 0.1) is 0 Å². The summed E-state index contributed by atoms with van der Waals surface area (Å²) in [6, 6.07) is 9.58. The van der Waals surface area contributed by atoms with Crippen LogP contribution in [0.5, 0.6) is 0 Å². The first-order valence-electron chi connectivity index (χ1n) is 6.37. The maximum Gasteiger partial charge on any atom is 0.255 e. The molecule has 20 heavy (non-hydrogen) atoms. The number of thioether (sulfide) groups is 1. The highest BCUT2D eigenvalue weighted by Crippen LogP contribution is 2.44. The Labute approximate surface area is 124 Å². The first-order chi connectivity index (χ1) is 9.75.